The molecule has 2 heterocycles. The van der Waals surface area contributed by atoms with E-state index in [1.54, 1.807) is 4.68 Å². The Balaban J connectivity index is 2.39. The molecule has 0 saturated carbocycles. The van der Waals surface area contributed by atoms with Crippen molar-refractivity contribution in [3.8, 4) is 5.69 Å². The third-order valence-corrected chi connectivity index (χ3v) is 2.44. The van der Waals surface area contributed by atoms with Gasteiger partial charge in [0.25, 0.3) is 0 Å². The van der Waals surface area contributed by atoms with Gasteiger partial charge in [-0.25, -0.2) is 4.68 Å². The summed E-state index contributed by atoms with van der Waals surface area (Å²) in [6.07, 6.45) is 0. The highest BCUT2D eigenvalue weighted by Gasteiger charge is 2.27. The summed E-state index contributed by atoms with van der Waals surface area (Å²) in [4.78, 5) is 11.8. The summed E-state index contributed by atoms with van der Waals surface area (Å²) in [6, 6.07) is 9.36. The average molecular weight is 184 g/mol. The van der Waals surface area contributed by atoms with Crippen LogP contribution < -0.4 is 0 Å². The maximum atomic E-state index is 11.8. The van der Waals surface area contributed by atoms with Gasteiger partial charge in [0.05, 0.1) is 11.4 Å². The van der Waals surface area contributed by atoms with Crippen LogP contribution in [-0.2, 0) is 0 Å². The van der Waals surface area contributed by atoms with E-state index in [1.807, 2.05) is 37.3 Å². The highest BCUT2D eigenvalue weighted by Crippen LogP contribution is 2.26. The molecule has 1 aromatic carbocycles. The van der Waals surface area contributed by atoms with E-state index >= 15 is 0 Å². The Bertz CT molecular complexity index is 540. The second kappa shape index (κ2) is 2.32. The molecule has 0 radical (unpaired) electrons. The summed E-state index contributed by atoms with van der Waals surface area (Å²) in [6.45, 7) is 1.89. The summed E-state index contributed by atoms with van der Waals surface area (Å²) in [5.41, 5.74) is 3.18. The number of para-hydroxylation sites is 1. The van der Waals surface area contributed by atoms with Crippen molar-refractivity contribution in [2.75, 3.05) is 0 Å². The summed E-state index contributed by atoms with van der Waals surface area (Å²) in [5, 5.41) is 4.28. The summed E-state index contributed by atoms with van der Waals surface area (Å²) < 4.78 is 1.72. The van der Waals surface area contributed by atoms with Gasteiger partial charge in [0.1, 0.15) is 5.69 Å². The number of fused-ring (bicyclic) bond motifs is 3. The lowest BCUT2D eigenvalue weighted by atomic mass is 10.1. The molecule has 0 aliphatic carbocycles. The van der Waals surface area contributed by atoms with Gasteiger partial charge in [-0.2, -0.15) is 5.10 Å². The fraction of sp³-hybridized carbons (Fsp3) is 0.0909. The van der Waals surface area contributed by atoms with Crippen molar-refractivity contribution in [1.82, 2.24) is 9.78 Å². The molecule has 68 valence electrons. The lowest BCUT2D eigenvalue weighted by Crippen LogP contribution is -1.95. The van der Waals surface area contributed by atoms with Gasteiger partial charge in [0.15, 0.2) is 0 Å². The third kappa shape index (κ3) is 0.763. The zero-order valence-electron chi connectivity index (χ0n) is 7.69. The molecule has 0 atom stereocenters. The molecule has 1 aromatic heterocycles. The van der Waals surface area contributed by atoms with Crippen LogP contribution in [-0.4, -0.2) is 15.6 Å². The lowest BCUT2D eigenvalue weighted by molar-refractivity contribution is 0.104. The monoisotopic (exact) mass is 184 g/mol. The topological polar surface area (TPSA) is 34.9 Å². The molecule has 0 saturated heterocycles. The van der Waals surface area contributed by atoms with Crippen LogP contribution in [0.15, 0.2) is 30.3 Å². The van der Waals surface area contributed by atoms with E-state index in [0.29, 0.717) is 5.69 Å². The van der Waals surface area contributed by atoms with Gasteiger partial charge in [0, 0.05) is 5.56 Å². The second-order valence-electron chi connectivity index (χ2n) is 3.43. The predicted molar refractivity (Wildman–Crippen MR) is 51.7 cm³/mol. The number of aromatic nitrogens is 2. The molecule has 0 amide bonds. The van der Waals surface area contributed by atoms with Gasteiger partial charge in [-0.15, -0.1) is 0 Å². The van der Waals surface area contributed by atoms with E-state index in [-0.39, 0.29) is 5.78 Å². The lowest BCUT2D eigenvalue weighted by Gasteiger charge is -1.97. The first-order valence-electron chi connectivity index (χ1n) is 4.48. The minimum Gasteiger partial charge on any atom is -0.287 e. The van der Waals surface area contributed by atoms with E-state index in [2.05, 4.69) is 5.10 Å². The van der Waals surface area contributed by atoms with Crippen LogP contribution in [0.1, 0.15) is 21.7 Å². The SMILES string of the molecule is Cc1cc2n(n1)-c1ccccc1C2=O. The molecule has 0 spiro atoms. The Morgan fingerprint density at radius 1 is 1.29 bits per heavy atom. The summed E-state index contributed by atoms with van der Waals surface area (Å²) in [5.74, 6) is 0.0706. The van der Waals surface area contributed by atoms with Crippen LogP contribution in [0.4, 0.5) is 0 Å². The van der Waals surface area contributed by atoms with E-state index in [0.717, 1.165) is 16.9 Å². The zero-order valence-corrected chi connectivity index (χ0v) is 7.69. The minimum atomic E-state index is 0.0706. The second-order valence-corrected chi connectivity index (χ2v) is 3.43. The van der Waals surface area contributed by atoms with Crippen molar-refractivity contribution in [3.05, 3.63) is 47.3 Å². The highest BCUT2D eigenvalue weighted by molar-refractivity contribution is 6.13. The van der Waals surface area contributed by atoms with Crippen molar-refractivity contribution in [1.29, 1.82) is 0 Å². The standard InChI is InChI=1S/C11H8N2O/c1-7-6-10-11(14)8-4-2-3-5-9(8)13(10)12-7/h2-6H,1H3. The van der Waals surface area contributed by atoms with E-state index in [9.17, 15) is 4.79 Å². The van der Waals surface area contributed by atoms with Crippen LogP contribution >= 0.6 is 0 Å². The normalized spacial score (nSPS) is 12.8. The van der Waals surface area contributed by atoms with Crippen LogP contribution in [0, 0.1) is 6.92 Å². The number of aryl methyl sites for hydroxylation is 1. The van der Waals surface area contributed by atoms with Gasteiger partial charge in [-0.3, -0.25) is 4.79 Å². The first-order valence-corrected chi connectivity index (χ1v) is 4.48. The number of rotatable bonds is 0. The summed E-state index contributed by atoms with van der Waals surface area (Å²) in [7, 11) is 0. The maximum absolute atomic E-state index is 11.8. The fourth-order valence-corrected chi connectivity index (χ4v) is 1.83. The average Bonchev–Trinajstić information content (AvgIpc) is 2.68. The van der Waals surface area contributed by atoms with Gasteiger partial charge in [-0.1, -0.05) is 12.1 Å². The summed E-state index contributed by atoms with van der Waals surface area (Å²) >= 11 is 0. The van der Waals surface area contributed by atoms with E-state index < -0.39 is 0 Å². The molecule has 0 fully saturated rings. The number of nitrogens with zero attached hydrogens (tertiary/aromatic N) is 2. The van der Waals surface area contributed by atoms with Gasteiger partial charge >= 0.3 is 0 Å². The Morgan fingerprint density at radius 2 is 2.07 bits per heavy atom. The first-order chi connectivity index (χ1) is 6.77. The zero-order chi connectivity index (χ0) is 9.71. The quantitative estimate of drug-likeness (QED) is 0.533. The largest absolute Gasteiger partial charge is 0.287 e. The van der Waals surface area contributed by atoms with Crippen molar-refractivity contribution in [3.63, 3.8) is 0 Å². The molecule has 0 N–H and O–H groups in total. The molecule has 3 rings (SSSR count). The number of carbonyl (C=O) groups excluding carboxylic acids is 1. The molecule has 1 aliphatic rings. The third-order valence-electron chi connectivity index (χ3n) is 2.44. The predicted octanol–water partition coefficient (Wildman–Crippen LogP) is 1.73. The Hall–Kier alpha value is -1.90. The van der Waals surface area contributed by atoms with E-state index in [1.165, 1.54) is 0 Å². The first kappa shape index (κ1) is 7.50. The smallest absolute Gasteiger partial charge is 0.213 e. The molecule has 3 nitrogen and oxygen atoms in total. The van der Waals surface area contributed by atoms with Crippen LogP contribution in [0.25, 0.3) is 5.69 Å². The molecule has 0 bridgehead atoms. The molecule has 2 aromatic rings. The fourth-order valence-electron chi connectivity index (χ4n) is 1.83. The number of carbonyl (C=O) groups is 1. The Kier molecular flexibility index (Phi) is 1.24. The highest BCUT2D eigenvalue weighted by atomic mass is 16.1. The Labute approximate surface area is 81.0 Å². The van der Waals surface area contributed by atoms with E-state index in [4.69, 9.17) is 0 Å². The Morgan fingerprint density at radius 3 is 2.93 bits per heavy atom. The van der Waals surface area contributed by atoms with Crippen LogP contribution in [0.5, 0.6) is 0 Å². The number of benzene rings is 1. The number of hydrogen-bond acceptors (Lipinski definition) is 2. The number of ketones is 1. The van der Waals surface area contributed by atoms with Gasteiger partial charge in [-0.05, 0) is 25.1 Å². The van der Waals surface area contributed by atoms with Crippen LogP contribution in [0.2, 0.25) is 0 Å². The molecule has 14 heavy (non-hydrogen) atoms. The maximum Gasteiger partial charge on any atom is 0.213 e. The van der Waals surface area contributed by atoms with Crippen LogP contribution in [0.3, 0.4) is 0 Å². The van der Waals surface area contributed by atoms with Crippen molar-refractivity contribution >= 4 is 5.78 Å². The van der Waals surface area contributed by atoms with Gasteiger partial charge < -0.3 is 0 Å². The van der Waals surface area contributed by atoms with Crippen molar-refractivity contribution in [2.24, 2.45) is 0 Å². The molecular formula is C11H8N2O. The minimum absolute atomic E-state index is 0.0706. The molecule has 3 heteroatoms. The van der Waals surface area contributed by atoms with Gasteiger partial charge in [0.2, 0.25) is 5.78 Å². The number of hydrogen-bond donors (Lipinski definition) is 0. The molecular weight excluding hydrogens is 176 g/mol. The molecule has 0 unspecified atom stereocenters. The molecule has 1 aliphatic heterocycles. The van der Waals surface area contributed by atoms with Crippen molar-refractivity contribution < 1.29 is 4.79 Å². The van der Waals surface area contributed by atoms with Crippen molar-refractivity contribution in [2.45, 2.75) is 6.92 Å².